The summed E-state index contributed by atoms with van der Waals surface area (Å²) in [7, 11) is 1.63. The molecule has 0 saturated carbocycles. The molecule has 0 heterocycles. The monoisotopic (exact) mass is 563 g/mol. The zero-order chi connectivity index (χ0) is 18.4. The van der Waals surface area contributed by atoms with E-state index in [2.05, 4.69) is 61.0 Å². The van der Waals surface area contributed by atoms with Gasteiger partial charge in [-0.15, -0.1) is 0 Å². The Morgan fingerprint density at radius 2 is 1.84 bits per heavy atom. The van der Waals surface area contributed by atoms with Gasteiger partial charge in [-0.05, 0) is 81.1 Å². The average Bonchev–Trinajstić information content (AvgIpc) is 2.54. The second-order valence-corrected chi connectivity index (χ2v) is 7.30. The molecule has 0 aliphatic rings. The summed E-state index contributed by atoms with van der Waals surface area (Å²) in [6.45, 7) is 1.41. The first-order chi connectivity index (χ1) is 11.9. The maximum absolute atomic E-state index is 12.1. The molecule has 2 aromatic rings. The van der Waals surface area contributed by atoms with Crippen LogP contribution in [-0.2, 0) is 4.79 Å². The van der Waals surface area contributed by atoms with Crippen LogP contribution in [0.1, 0.15) is 22.8 Å². The van der Waals surface area contributed by atoms with Gasteiger partial charge >= 0.3 is 0 Å². The van der Waals surface area contributed by atoms with E-state index in [4.69, 9.17) is 4.74 Å². The number of carbonyl (C=O) groups excluding carboxylic acids is 2. The number of carbonyl (C=O) groups is 2. The lowest BCUT2D eigenvalue weighted by molar-refractivity contribution is -0.114. The van der Waals surface area contributed by atoms with E-state index in [-0.39, 0.29) is 11.8 Å². The van der Waals surface area contributed by atoms with Gasteiger partial charge in [0.2, 0.25) is 5.91 Å². The van der Waals surface area contributed by atoms with Gasteiger partial charge in [0.1, 0.15) is 5.75 Å². The smallest absolute Gasteiger partial charge is 0.271 e. The molecule has 2 aromatic carbocycles. The van der Waals surface area contributed by atoms with Crippen LogP contribution >= 0.6 is 45.2 Å². The third-order valence-electron chi connectivity index (χ3n) is 3.05. The SMILES string of the molecule is COc1c(I)cc(/C=N\NC(=O)c2cccc(NC(C)=O)c2)cc1I. The lowest BCUT2D eigenvalue weighted by Gasteiger charge is -2.07. The summed E-state index contributed by atoms with van der Waals surface area (Å²) in [5, 5.41) is 6.62. The van der Waals surface area contributed by atoms with Crippen LogP contribution in [0.25, 0.3) is 0 Å². The van der Waals surface area contributed by atoms with Gasteiger partial charge in [-0.3, -0.25) is 9.59 Å². The molecule has 0 unspecified atom stereocenters. The molecule has 0 aliphatic carbocycles. The number of ether oxygens (including phenoxy) is 1. The fourth-order valence-corrected chi connectivity index (χ4v) is 4.28. The van der Waals surface area contributed by atoms with Gasteiger partial charge in [0, 0.05) is 18.2 Å². The lowest BCUT2D eigenvalue weighted by Crippen LogP contribution is -2.18. The van der Waals surface area contributed by atoms with Crippen molar-refractivity contribution in [3.63, 3.8) is 0 Å². The van der Waals surface area contributed by atoms with Crippen LogP contribution in [0.3, 0.4) is 0 Å². The van der Waals surface area contributed by atoms with Gasteiger partial charge in [-0.1, -0.05) is 6.07 Å². The van der Waals surface area contributed by atoms with Crippen molar-refractivity contribution in [1.82, 2.24) is 5.43 Å². The van der Waals surface area contributed by atoms with E-state index in [1.807, 2.05) is 12.1 Å². The molecule has 0 radical (unpaired) electrons. The number of nitrogens with zero attached hydrogens (tertiary/aromatic N) is 1. The fraction of sp³-hybridized carbons (Fsp3) is 0.118. The van der Waals surface area contributed by atoms with E-state index in [9.17, 15) is 9.59 Å². The van der Waals surface area contributed by atoms with Crippen molar-refractivity contribution < 1.29 is 14.3 Å². The Morgan fingerprint density at radius 1 is 1.16 bits per heavy atom. The predicted molar refractivity (Wildman–Crippen MR) is 114 cm³/mol. The standard InChI is InChI=1S/C17H15I2N3O3/c1-10(23)21-13-5-3-4-12(8-13)17(24)22-20-9-11-6-14(18)16(25-2)15(19)7-11/h3-9H,1-2H3,(H,21,23)(H,22,24)/b20-9-. The molecule has 6 nitrogen and oxygen atoms in total. The highest BCUT2D eigenvalue weighted by molar-refractivity contribution is 14.1. The molecule has 0 atom stereocenters. The molecular weight excluding hydrogens is 548 g/mol. The minimum atomic E-state index is -0.360. The zero-order valence-corrected chi connectivity index (χ0v) is 17.8. The normalized spacial score (nSPS) is 10.6. The molecule has 8 heteroatoms. The van der Waals surface area contributed by atoms with Gasteiger partial charge in [-0.2, -0.15) is 5.10 Å². The minimum Gasteiger partial charge on any atom is -0.495 e. The van der Waals surface area contributed by atoms with Crippen LogP contribution in [0.5, 0.6) is 5.75 Å². The first-order valence-electron chi connectivity index (χ1n) is 7.15. The Kier molecular flexibility index (Phi) is 7.17. The molecule has 2 rings (SSSR count). The largest absolute Gasteiger partial charge is 0.495 e. The summed E-state index contributed by atoms with van der Waals surface area (Å²) in [4.78, 5) is 23.2. The maximum Gasteiger partial charge on any atom is 0.271 e. The number of amides is 2. The number of hydrogen-bond acceptors (Lipinski definition) is 4. The number of nitrogens with one attached hydrogen (secondary N) is 2. The third kappa shape index (κ3) is 5.66. The summed E-state index contributed by atoms with van der Waals surface area (Å²) >= 11 is 4.37. The molecule has 2 N–H and O–H groups in total. The van der Waals surface area contributed by atoms with Crippen molar-refractivity contribution >= 4 is 68.9 Å². The highest BCUT2D eigenvalue weighted by Gasteiger charge is 2.08. The molecule has 130 valence electrons. The van der Waals surface area contributed by atoms with Crippen LogP contribution in [-0.4, -0.2) is 25.1 Å². The third-order valence-corrected chi connectivity index (χ3v) is 4.65. The van der Waals surface area contributed by atoms with E-state index in [1.165, 1.54) is 6.92 Å². The van der Waals surface area contributed by atoms with Crippen LogP contribution in [0, 0.1) is 7.14 Å². The molecule has 0 saturated heterocycles. The Hall–Kier alpha value is -1.69. The van der Waals surface area contributed by atoms with Gasteiger partial charge in [0.25, 0.3) is 5.91 Å². The average molecular weight is 563 g/mol. The Labute approximate surface area is 172 Å². The number of methoxy groups -OCH3 is 1. The highest BCUT2D eigenvalue weighted by atomic mass is 127. The number of anilines is 1. The fourth-order valence-electron chi connectivity index (χ4n) is 2.02. The maximum atomic E-state index is 12.1. The first-order valence-corrected chi connectivity index (χ1v) is 9.30. The second kappa shape index (κ2) is 9.13. The van der Waals surface area contributed by atoms with E-state index >= 15 is 0 Å². The van der Waals surface area contributed by atoms with E-state index in [0.29, 0.717) is 11.3 Å². The Morgan fingerprint density at radius 3 is 2.44 bits per heavy atom. The summed E-state index contributed by atoms with van der Waals surface area (Å²) in [5.41, 5.74) is 4.29. The quantitative estimate of drug-likeness (QED) is 0.332. The van der Waals surface area contributed by atoms with Crippen molar-refractivity contribution in [3.05, 3.63) is 54.7 Å². The summed E-state index contributed by atoms with van der Waals surface area (Å²) in [5.74, 6) is 0.262. The zero-order valence-electron chi connectivity index (χ0n) is 13.5. The number of benzene rings is 2. The van der Waals surface area contributed by atoms with Crippen LogP contribution < -0.4 is 15.5 Å². The van der Waals surface area contributed by atoms with Gasteiger partial charge in [0.05, 0.1) is 20.5 Å². The molecule has 0 bridgehead atoms. The molecule has 0 spiro atoms. The molecular formula is C17H15I2N3O3. The first kappa shape index (κ1) is 19.6. The van der Waals surface area contributed by atoms with Crippen molar-refractivity contribution in [3.8, 4) is 5.75 Å². The number of halogens is 2. The molecule has 0 aliphatic heterocycles. The molecule has 0 fully saturated rings. The minimum absolute atomic E-state index is 0.195. The van der Waals surface area contributed by atoms with Gasteiger partial charge in [-0.25, -0.2) is 5.43 Å². The van der Waals surface area contributed by atoms with E-state index in [1.54, 1.807) is 37.6 Å². The number of rotatable bonds is 5. The van der Waals surface area contributed by atoms with Crippen molar-refractivity contribution in [2.24, 2.45) is 5.10 Å². The van der Waals surface area contributed by atoms with Gasteiger partial charge in [0.15, 0.2) is 0 Å². The van der Waals surface area contributed by atoms with Crippen LogP contribution in [0.15, 0.2) is 41.5 Å². The number of hydrazone groups is 1. The second-order valence-electron chi connectivity index (χ2n) is 4.98. The van der Waals surface area contributed by atoms with Crippen molar-refractivity contribution in [1.29, 1.82) is 0 Å². The van der Waals surface area contributed by atoms with Crippen molar-refractivity contribution in [2.45, 2.75) is 6.92 Å². The topological polar surface area (TPSA) is 79.8 Å². The van der Waals surface area contributed by atoms with E-state index < -0.39 is 0 Å². The Balaban J connectivity index is 2.07. The summed E-state index contributed by atoms with van der Waals surface area (Å²) < 4.78 is 7.23. The molecule has 25 heavy (non-hydrogen) atoms. The predicted octanol–water partition coefficient (Wildman–Crippen LogP) is 3.63. The number of hydrogen-bond donors (Lipinski definition) is 2. The highest BCUT2D eigenvalue weighted by Crippen LogP contribution is 2.27. The van der Waals surface area contributed by atoms with Crippen molar-refractivity contribution in [2.75, 3.05) is 12.4 Å². The summed E-state index contributed by atoms with van der Waals surface area (Å²) in [6, 6.07) is 10.5. The van der Waals surface area contributed by atoms with E-state index in [0.717, 1.165) is 18.5 Å². The molecule has 2 amide bonds. The molecule has 0 aromatic heterocycles. The van der Waals surface area contributed by atoms with Crippen LogP contribution in [0.4, 0.5) is 5.69 Å². The summed E-state index contributed by atoms with van der Waals surface area (Å²) in [6.07, 6.45) is 1.57. The Bertz CT molecular complexity index is 815. The lowest BCUT2D eigenvalue weighted by atomic mass is 10.2. The van der Waals surface area contributed by atoms with Crippen LogP contribution in [0.2, 0.25) is 0 Å². The van der Waals surface area contributed by atoms with Gasteiger partial charge < -0.3 is 10.1 Å².